The van der Waals surface area contributed by atoms with Crippen LogP contribution in [0.15, 0.2) is 23.8 Å². The lowest BCUT2D eigenvalue weighted by atomic mass is 10.1. The molecule has 0 aliphatic heterocycles. The minimum Gasteiger partial charge on any atom is -0.384 e. The summed E-state index contributed by atoms with van der Waals surface area (Å²) in [5, 5.41) is 2.90. The van der Waals surface area contributed by atoms with E-state index in [1.54, 1.807) is 7.11 Å². The zero-order chi connectivity index (χ0) is 11.1. The van der Waals surface area contributed by atoms with Crippen LogP contribution in [0.3, 0.4) is 0 Å². The SMILES string of the molecule is COC[C@@H](C)C(=O)NCC1=CCCC=C1. The average molecular weight is 209 g/mol. The lowest BCUT2D eigenvalue weighted by Gasteiger charge is -2.12. The molecule has 1 aliphatic rings. The quantitative estimate of drug-likeness (QED) is 0.748. The molecule has 0 fully saturated rings. The maximum absolute atomic E-state index is 11.5. The van der Waals surface area contributed by atoms with E-state index in [0.717, 1.165) is 12.8 Å². The predicted octanol–water partition coefficient (Wildman–Crippen LogP) is 1.66. The summed E-state index contributed by atoms with van der Waals surface area (Å²) in [6.45, 7) is 2.97. The summed E-state index contributed by atoms with van der Waals surface area (Å²) in [5.41, 5.74) is 1.19. The van der Waals surface area contributed by atoms with Crippen LogP contribution in [-0.4, -0.2) is 26.2 Å². The van der Waals surface area contributed by atoms with Crippen molar-refractivity contribution >= 4 is 5.91 Å². The molecule has 0 aromatic carbocycles. The molecule has 0 saturated heterocycles. The summed E-state index contributed by atoms with van der Waals surface area (Å²) in [6, 6.07) is 0. The topological polar surface area (TPSA) is 38.3 Å². The molecule has 1 N–H and O–H groups in total. The van der Waals surface area contributed by atoms with Crippen LogP contribution in [0.4, 0.5) is 0 Å². The number of nitrogens with one attached hydrogen (secondary N) is 1. The Kier molecular flexibility index (Phi) is 5.12. The first kappa shape index (κ1) is 12.0. The number of amides is 1. The van der Waals surface area contributed by atoms with Crippen molar-refractivity contribution < 1.29 is 9.53 Å². The summed E-state index contributed by atoms with van der Waals surface area (Å²) in [4.78, 5) is 11.5. The minimum atomic E-state index is -0.0804. The van der Waals surface area contributed by atoms with Crippen LogP contribution in [-0.2, 0) is 9.53 Å². The third kappa shape index (κ3) is 4.30. The van der Waals surface area contributed by atoms with Crippen LogP contribution in [0, 0.1) is 5.92 Å². The first-order valence-corrected chi connectivity index (χ1v) is 5.36. The molecule has 0 saturated carbocycles. The second kappa shape index (κ2) is 6.40. The number of rotatable bonds is 5. The van der Waals surface area contributed by atoms with Crippen molar-refractivity contribution in [2.24, 2.45) is 5.92 Å². The van der Waals surface area contributed by atoms with Crippen molar-refractivity contribution in [1.82, 2.24) is 5.32 Å². The van der Waals surface area contributed by atoms with Crippen molar-refractivity contribution in [2.75, 3.05) is 20.3 Å². The van der Waals surface area contributed by atoms with Crippen molar-refractivity contribution in [1.29, 1.82) is 0 Å². The molecule has 1 aliphatic carbocycles. The normalized spacial score (nSPS) is 17.1. The molecular formula is C12H19NO2. The number of hydrogen-bond donors (Lipinski definition) is 1. The molecule has 1 atom stereocenters. The molecule has 0 unspecified atom stereocenters. The molecule has 0 heterocycles. The summed E-state index contributed by atoms with van der Waals surface area (Å²) in [5.74, 6) is -0.0279. The fraction of sp³-hybridized carbons (Fsp3) is 0.583. The van der Waals surface area contributed by atoms with E-state index in [0.29, 0.717) is 13.2 Å². The highest BCUT2D eigenvalue weighted by atomic mass is 16.5. The van der Waals surface area contributed by atoms with E-state index in [-0.39, 0.29) is 11.8 Å². The zero-order valence-corrected chi connectivity index (χ0v) is 9.45. The van der Waals surface area contributed by atoms with E-state index in [1.165, 1.54) is 5.57 Å². The third-order valence-corrected chi connectivity index (χ3v) is 2.40. The fourth-order valence-corrected chi connectivity index (χ4v) is 1.49. The van der Waals surface area contributed by atoms with Gasteiger partial charge in [0, 0.05) is 13.7 Å². The van der Waals surface area contributed by atoms with Crippen LogP contribution >= 0.6 is 0 Å². The van der Waals surface area contributed by atoms with Gasteiger partial charge in [0.05, 0.1) is 12.5 Å². The number of carbonyl (C=O) groups excluding carboxylic acids is 1. The van der Waals surface area contributed by atoms with Crippen molar-refractivity contribution in [3.05, 3.63) is 23.8 Å². The molecule has 84 valence electrons. The molecule has 0 aromatic rings. The molecule has 0 bridgehead atoms. The fourth-order valence-electron chi connectivity index (χ4n) is 1.49. The van der Waals surface area contributed by atoms with E-state index >= 15 is 0 Å². The predicted molar refractivity (Wildman–Crippen MR) is 60.5 cm³/mol. The van der Waals surface area contributed by atoms with E-state index in [2.05, 4.69) is 23.5 Å². The number of carbonyl (C=O) groups is 1. The first-order valence-electron chi connectivity index (χ1n) is 5.36. The number of hydrogen-bond acceptors (Lipinski definition) is 2. The lowest BCUT2D eigenvalue weighted by Crippen LogP contribution is -2.32. The molecule has 0 radical (unpaired) electrons. The van der Waals surface area contributed by atoms with Crippen LogP contribution in [0.1, 0.15) is 19.8 Å². The van der Waals surface area contributed by atoms with Gasteiger partial charge in [0.1, 0.15) is 0 Å². The van der Waals surface area contributed by atoms with Crippen molar-refractivity contribution in [2.45, 2.75) is 19.8 Å². The Balaban J connectivity index is 2.27. The largest absolute Gasteiger partial charge is 0.384 e. The highest BCUT2D eigenvalue weighted by molar-refractivity contribution is 5.78. The van der Waals surface area contributed by atoms with Gasteiger partial charge in [0.25, 0.3) is 0 Å². The van der Waals surface area contributed by atoms with Gasteiger partial charge in [-0.1, -0.05) is 25.2 Å². The van der Waals surface area contributed by atoms with Crippen LogP contribution in [0.5, 0.6) is 0 Å². The summed E-state index contributed by atoms with van der Waals surface area (Å²) in [6.07, 6.45) is 8.57. The van der Waals surface area contributed by atoms with Crippen molar-refractivity contribution in [3.63, 3.8) is 0 Å². The Hall–Kier alpha value is -1.09. The van der Waals surface area contributed by atoms with E-state index in [4.69, 9.17) is 4.74 Å². The van der Waals surface area contributed by atoms with Gasteiger partial charge in [0.2, 0.25) is 5.91 Å². The molecule has 0 aromatic heterocycles. The lowest BCUT2D eigenvalue weighted by molar-refractivity contribution is -0.125. The Bertz CT molecular complexity index is 269. The summed E-state index contributed by atoms with van der Waals surface area (Å²) >= 11 is 0. The Morgan fingerprint density at radius 3 is 3.00 bits per heavy atom. The maximum Gasteiger partial charge on any atom is 0.225 e. The second-order valence-corrected chi connectivity index (χ2v) is 3.83. The van der Waals surface area contributed by atoms with Gasteiger partial charge >= 0.3 is 0 Å². The van der Waals surface area contributed by atoms with Gasteiger partial charge in [-0.15, -0.1) is 0 Å². The van der Waals surface area contributed by atoms with Gasteiger partial charge in [-0.25, -0.2) is 0 Å². The molecular weight excluding hydrogens is 190 g/mol. The smallest absolute Gasteiger partial charge is 0.225 e. The van der Waals surface area contributed by atoms with Gasteiger partial charge in [-0.05, 0) is 18.4 Å². The van der Waals surface area contributed by atoms with E-state index < -0.39 is 0 Å². The molecule has 1 rings (SSSR count). The van der Waals surface area contributed by atoms with E-state index in [1.807, 2.05) is 6.92 Å². The van der Waals surface area contributed by atoms with Gasteiger partial charge < -0.3 is 10.1 Å². The van der Waals surface area contributed by atoms with Gasteiger partial charge in [-0.3, -0.25) is 4.79 Å². The molecule has 1 amide bonds. The Labute approximate surface area is 91.2 Å². The highest BCUT2D eigenvalue weighted by Crippen LogP contribution is 2.08. The zero-order valence-electron chi connectivity index (χ0n) is 9.45. The molecule has 0 spiro atoms. The number of methoxy groups -OCH3 is 1. The number of ether oxygens (including phenoxy) is 1. The van der Waals surface area contributed by atoms with Crippen LogP contribution < -0.4 is 5.32 Å². The minimum absolute atomic E-state index is 0.0525. The molecule has 3 nitrogen and oxygen atoms in total. The van der Waals surface area contributed by atoms with Crippen LogP contribution in [0.2, 0.25) is 0 Å². The van der Waals surface area contributed by atoms with Crippen molar-refractivity contribution in [3.8, 4) is 0 Å². The van der Waals surface area contributed by atoms with E-state index in [9.17, 15) is 4.79 Å². The Morgan fingerprint density at radius 1 is 1.60 bits per heavy atom. The third-order valence-electron chi connectivity index (χ3n) is 2.40. The molecule has 15 heavy (non-hydrogen) atoms. The number of allylic oxidation sites excluding steroid dienone is 2. The second-order valence-electron chi connectivity index (χ2n) is 3.83. The molecule has 3 heteroatoms. The van der Waals surface area contributed by atoms with Gasteiger partial charge in [-0.2, -0.15) is 0 Å². The summed E-state index contributed by atoms with van der Waals surface area (Å²) in [7, 11) is 1.61. The Morgan fingerprint density at radius 2 is 2.40 bits per heavy atom. The van der Waals surface area contributed by atoms with Gasteiger partial charge in [0.15, 0.2) is 0 Å². The highest BCUT2D eigenvalue weighted by Gasteiger charge is 2.11. The monoisotopic (exact) mass is 209 g/mol. The van der Waals surface area contributed by atoms with Crippen LogP contribution in [0.25, 0.3) is 0 Å². The average Bonchev–Trinajstić information content (AvgIpc) is 2.27. The first-order chi connectivity index (χ1) is 7.24. The summed E-state index contributed by atoms with van der Waals surface area (Å²) < 4.78 is 4.93. The standard InChI is InChI=1S/C12H19NO2/c1-10(9-15-2)12(14)13-8-11-6-4-3-5-7-11/h4,6-7,10H,3,5,8-9H2,1-2H3,(H,13,14)/t10-/m1/s1. The maximum atomic E-state index is 11.5.